The molecule has 0 aliphatic heterocycles. The summed E-state index contributed by atoms with van der Waals surface area (Å²) in [6, 6.07) is 22.6. The van der Waals surface area contributed by atoms with Gasteiger partial charge in [0.1, 0.15) is 0 Å². The SMILES string of the molecule is Cc1ccc(NS(=O)(=O)c2cc(C(=O)Nc3ccc(S(=O)(=O)Nc4c(C)cccc4C)cc3)ccc2C)cc1. The summed E-state index contributed by atoms with van der Waals surface area (Å²) in [5.41, 5.74) is 4.51. The Bertz CT molecular complexity index is 1730. The molecule has 1 amide bonds. The first kappa shape index (κ1) is 27.9. The second kappa shape index (κ2) is 10.9. The lowest BCUT2D eigenvalue weighted by atomic mass is 10.1. The van der Waals surface area contributed by atoms with Crippen LogP contribution in [0.25, 0.3) is 0 Å². The van der Waals surface area contributed by atoms with E-state index in [9.17, 15) is 21.6 Å². The Balaban J connectivity index is 1.51. The first-order valence-corrected chi connectivity index (χ1v) is 15.0. The average Bonchev–Trinajstić information content (AvgIpc) is 2.88. The Morgan fingerprint density at radius 1 is 0.615 bits per heavy atom. The molecule has 0 saturated carbocycles. The molecule has 0 spiro atoms. The molecule has 0 aliphatic carbocycles. The number of sulfonamides is 2. The summed E-state index contributed by atoms with van der Waals surface area (Å²) < 4.78 is 57.1. The highest BCUT2D eigenvalue weighted by Gasteiger charge is 2.20. The lowest BCUT2D eigenvalue weighted by Gasteiger charge is -2.14. The quantitative estimate of drug-likeness (QED) is 0.251. The van der Waals surface area contributed by atoms with Crippen molar-refractivity contribution < 1.29 is 21.6 Å². The zero-order valence-electron chi connectivity index (χ0n) is 21.9. The van der Waals surface area contributed by atoms with E-state index < -0.39 is 26.0 Å². The van der Waals surface area contributed by atoms with Gasteiger partial charge in [-0.1, -0.05) is 42.0 Å². The van der Waals surface area contributed by atoms with Crippen molar-refractivity contribution in [3.8, 4) is 0 Å². The third kappa shape index (κ3) is 6.47. The first-order valence-electron chi connectivity index (χ1n) is 12.1. The summed E-state index contributed by atoms with van der Waals surface area (Å²) in [4.78, 5) is 13.0. The van der Waals surface area contributed by atoms with Crippen LogP contribution in [0.15, 0.2) is 94.7 Å². The number of hydrogen-bond acceptors (Lipinski definition) is 5. The van der Waals surface area contributed by atoms with Gasteiger partial charge >= 0.3 is 0 Å². The molecule has 0 unspecified atom stereocenters. The maximum Gasteiger partial charge on any atom is 0.262 e. The van der Waals surface area contributed by atoms with E-state index in [2.05, 4.69) is 14.8 Å². The minimum Gasteiger partial charge on any atom is -0.322 e. The maximum absolute atomic E-state index is 13.0. The summed E-state index contributed by atoms with van der Waals surface area (Å²) in [6.07, 6.45) is 0. The average molecular weight is 564 g/mol. The summed E-state index contributed by atoms with van der Waals surface area (Å²) in [5, 5.41) is 2.69. The van der Waals surface area contributed by atoms with Gasteiger partial charge in [-0.3, -0.25) is 14.2 Å². The van der Waals surface area contributed by atoms with Gasteiger partial charge in [-0.2, -0.15) is 0 Å². The summed E-state index contributed by atoms with van der Waals surface area (Å²) in [6.45, 7) is 7.20. The molecule has 8 nitrogen and oxygen atoms in total. The van der Waals surface area contributed by atoms with E-state index in [1.807, 2.05) is 39.0 Å². The number of carbonyl (C=O) groups excluding carboxylic acids is 1. The second-order valence-corrected chi connectivity index (χ2v) is 12.6. The third-order valence-electron chi connectivity index (χ3n) is 6.18. The molecule has 0 fully saturated rings. The molecule has 0 aliphatic rings. The van der Waals surface area contributed by atoms with Crippen molar-refractivity contribution in [1.29, 1.82) is 0 Å². The van der Waals surface area contributed by atoms with Crippen molar-refractivity contribution in [2.24, 2.45) is 0 Å². The highest BCUT2D eigenvalue weighted by atomic mass is 32.2. The van der Waals surface area contributed by atoms with Gasteiger partial charge in [0.15, 0.2) is 0 Å². The lowest BCUT2D eigenvalue weighted by molar-refractivity contribution is 0.102. The van der Waals surface area contributed by atoms with Crippen LogP contribution in [0.2, 0.25) is 0 Å². The van der Waals surface area contributed by atoms with Gasteiger partial charge in [0.2, 0.25) is 0 Å². The van der Waals surface area contributed by atoms with Crippen LogP contribution in [0.5, 0.6) is 0 Å². The molecule has 0 radical (unpaired) electrons. The Morgan fingerprint density at radius 3 is 1.82 bits per heavy atom. The number of aryl methyl sites for hydroxylation is 4. The zero-order chi connectivity index (χ0) is 28.4. The predicted molar refractivity (Wildman–Crippen MR) is 154 cm³/mol. The topological polar surface area (TPSA) is 121 Å². The molecule has 10 heteroatoms. The highest BCUT2D eigenvalue weighted by molar-refractivity contribution is 7.93. The molecular weight excluding hydrogens is 534 g/mol. The molecule has 0 atom stereocenters. The standard InChI is InChI=1S/C29H29N3O5S2/c1-19-8-12-25(13-9-19)31-39(36,37)27-18-23(11-10-20(27)2)29(33)30-24-14-16-26(17-15-24)38(34,35)32-28-21(3)6-5-7-22(28)4/h5-18,31-32H,1-4H3,(H,30,33). The summed E-state index contributed by atoms with van der Waals surface area (Å²) in [5.74, 6) is -0.536. The van der Waals surface area contributed by atoms with Crippen LogP contribution in [0.1, 0.15) is 32.6 Å². The summed E-state index contributed by atoms with van der Waals surface area (Å²) >= 11 is 0. The molecule has 4 rings (SSSR count). The molecule has 0 saturated heterocycles. The van der Waals surface area contributed by atoms with Crippen molar-refractivity contribution in [2.75, 3.05) is 14.8 Å². The van der Waals surface area contributed by atoms with Crippen LogP contribution in [0, 0.1) is 27.7 Å². The Labute approximate surface area is 229 Å². The summed E-state index contributed by atoms with van der Waals surface area (Å²) in [7, 11) is -7.79. The molecule has 4 aromatic carbocycles. The molecule has 0 heterocycles. The molecule has 39 heavy (non-hydrogen) atoms. The van der Waals surface area contributed by atoms with E-state index in [0.29, 0.717) is 22.6 Å². The second-order valence-electron chi connectivity index (χ2n) is 9.30. The van der Waals surface area contributed by atoms with Crippen LogP contribution in [-0.2, 0) is 20.0 Å². The van der Waals surface area contributed by atoms with Crippen LogP contribution in [-0.4, -0.2) is 22.7 Å². The van der Waals surface area contributed by atoms with E-state index in [-0.39, 0.29) is 15.4 Å². The monoisotopic (exact) mass is 563 g/mol. The maximum atomic E-state index is 13.0. The minimum absolute atomic E-state index is 0.0188. The Kier molecular flexibility index (Phi) is 7.80. The number of hydrogen-bond donors (Lipinski definition) is 3. The molecular formula is C29H29N3O5S2. The van der Waals surface area contributed by atoms with Gasteiger partial charge in [-0.15, -0.1) is 0 Å². The van der Waals surface area contributed by atoms with Crippen molar-refractivity contribution in [3.63, 3.8) is 0 Å². The van der Waals surface area contributed by atoms with Gasteiger partial charge in [0.25, 0.3) is 26.0 Å². The molecule has 4 aromatic rings. The third-order valence-corrected chi connectivity index (χ3v) is 9.07. The van der Waals surface area contributed by atoms with Gasteiger partial charge < -0.3 is 5.32 Å². The fourth-order valence-electron chi connectivity index (χ4n) is 3.95. The van der Waals surface area contributed by atoms with Crippen molar-refractivity contribution in [2.45, 2.75) is 37.5 Å². The number of benzene rings is 4. The van der Waals surface area contributed by atoms with E-state index in [0.717, 1.165) is 16.7 Å². The van der Waals surface area contributed by atoms with Crippen molar-refractivity contribution >= 4 is 43.0 Å². The Hall–Kier alpha value is -4.15. The van der Waals surface area contributed by atoms with E-state index >= 15 is 0 Å². The van der Waals surface area contributed by atoms with Crippen molar-refractivity contribution in [1.82, 2.24) is 0 Å². The number of carbonyl (C=O) groups is 1. The molecule has 202 valence electrons. The number of nitrogens with one attached hydrogen (secondary N) is 3. The zero-order valence-corrected chi connectivity index (χ0v) is 23.6. The highest BCUT2D eigenvalue weighted by Crippen LogP contribution is 2.25. The number of para-hydroxylation sites is 1. The van der Waals surface area contributed by atoms with Crippen LogP contribution in [0.4, 0.5) is 17.1 Å². The van der Waals surface area contributed by atoms with E-state index in [1.54, 1.807) is 37.3 Å². The van der Waals surface area contributed by atoms with Gasteiger partial charge in [0, 0.05) is 16.9 Å². The van der Waals surface area contributed by atoms with Crippen LogP contribution in [0.3, 0.4) is 0 Å². The van der Waals surface area contributed by atoms with E-state index in [1.165, 1.54) is 36.4 Å². The van der Waals surface area contributed by atoms with E-state index in [4.69, 9.17) is 0 Å². The Morgan fingerprint density at radius 2 is 1.21 bits per heavy atom. The number of anilines is 3. The van der Waals surface area contributed by atoms with Crippen LogP contribution >= 0.6 is 0 Å². The molecule has 0 bridgehead atoms. The number of rotatable bonds is 8. The fourth-order valence-corrected chi connectivity index (χ4v) is 6.49. The van der Waals surface area contributed by atoms with Crippen LogP contribution < -0.4 is 14.8 Å². The van der Waals surface area contributed by atoms with Gasteiger partial charge in [-0.05, 0) is 92.9 Å². The normalized spacial score (nSPS) is 11.6. The van der Waals surface area contributed by atoms with Gasteiger partial charge in [-0.25, -0.2) is 16.8 Å². The smallest absolute Gasteiger partial charge is 0.262 e. The first-order chi connectivity index (χ1) is 18.4. The lowest BCUT2D eigenvalue weighted by Crippen LogP contribution is -2.17. The fraction of sp³-hybridized carbons (Fsp3) is 0.138. The van der Waals surface area contributed by atoms with Gasteiger partial charge in [0.05, 0.1) is 15.5 Å². The minimum atomic E-state index is -3.94. The van der Waals surface area contributed by atoms with Crippen molar-refractivity contribution in [3.05, 3.63) is 113 Å². The predicted octanol–water partition coefficient (Wildman–Crippen LogP) is 5.77. The molecule has 0 aromatic heterocycles. The largest absolute Gasteiger partial charge is 0.322 e. The molecule has 3 N–H and O–H groups in total. The number of amides is 1.